The number of aryl methyl sites for hydroxylation is 1. The molecule has 0 saturated heterocycles. The van der Waals surface area contributed by atoms with Crippen LogP contribution in [0.3, 0.4) is 0 Å². The van der Waals surface area contributed by atoms with Crippen LogP contribution in [0, 0.1) is 16.0 Å². The topological polar surface area (TPSA) is 97.4 Å². The van der Waals surface area contributed by atoms with Gasteiger partial charge in [0.25, 0.3) is 11.6 Å². The van der Waals surface area contributed by atoms with Gasteiger partial charge in [-0.3, -0.25) is 14.9 Å². The SMILES string of the molecule is CCCC(CCO)CNC(=O)c1cc([N+](=O)[O-])cn1CC. The number of nitrogens with zero attached hydrogens (tertiary/aromatic N) is 2. The molecule has 1 amide bonds. The lowest BCUT2D eigenvalue weighted by atomic mass is 10.0. The zero-order valence-electron chi connectivity index (χ0n) is 12.5. The summed E-state index contributed by atoms with van der Waals surface area (Å²) in [7, 11) is 0. The van der Waals surface area contributed by atoms with Crippen LogP contribution < -0.4 is 5.32 Å². The summed E-state index contributed by atoms with van der Waals surface area (Å²) in [5, 5.41) is 22.6. The van der Waals surface area contributed by atoms with E-state index in [1.54, 1.807) is 4.57 Å². The highest BCUT2D eigenvalue weighted by Gasteiger charge is 2.19. The first-order chi connectivity index (χ1) is 10.0. The molecule has 0 fully saturated rings. The molecule has 0 aliphatic heterocycles. The van der Waals surface area contributed by atoms with Crippen LogP contribution in [0.25, 0.3) is 0 Å². The lowest BCUT2D eigenvalue weighted by molar-refractivity contribution is -0.384. The summed E-state index contributed by atoms with van der Waals surface area (Å²) in [5.74, 6) is -0.0898. The van der Waals surface area contributed by atoms with E-state index >= 15 is 0 Å². The molecule has 0 aromatic carbocycles. The van der Waals surface area contributed by atoms with Crippen LogP contribution >= 0.6 is 0 Å². The summed E-state index contributed by atoms with van der Waals surface area (Å²) in [6.07, 6.45) is 3.92. The minimum Gasteiger partial charge on any atom is -0.396 e. The molecule has 7 nitrogen and oxygen atoms in total. The van der Waals surface area contributed by atoms with E-state index in [4.69, 9.17) is 5.11 Å². The maximum atomic E-state index is 12.2. The standard InChI is InChI=1S/C14H23N3O4/c1-3-5-11(6-7-18)9-15-14(19)13-8-12(17(20)21)10-16(13)4-2/h8,10-11,18H,3-7,9H2,1-2H3,(H,15,19). The van der Waals surface area contributed by atoms with E-state index in [-0.39, 0.29) is 24.1 Å². The first-order valence-corrected chi connectivity index (χ1v) is 7.27. The van der Waals surface area contributed by atoms with E-state index < -0.39 is 4.92 Å². The molecular weight excluding hydrogens is 274 g/mol. The molecule has 118 valence electrons. The van der Waals surface area contributed by atoms with Gasteiger partial charge in [0.1, 0.15) is 5.69 Å². The fraction of sp³-hybridized carbons (Fsp3) is 0.643. The second-order valence-electron chi connectivity index (χ2n) is 5.00. The number of hydrogen-bond donors (Lipinski definition) is 2. The van der Waals surface area contributed by atoms with Gasteiger partial charge in [-0.05, 0) is 25.7 Å². The van der Waals surface area contributed by atoms with Crippen LogP contribution in [0.1, 0.15) is 43.6 Å². The van der Waals surface area contributed by atoms with Crippen molar-refractivity contribution < 1.29 is 14.8 Å². The van der Waals surface area contributed by atoms with Crippen molar-refractivity contribution in [1.82, 2.24) is 9.88 Å². The highest BCUT2D eigenvalue weighted by molar-refractivity contribution is 5.93. The Bertz CT molecular complexity index is 479. The number of rotatable bonds is 9. The first kappa shape index (κ1) is 17.2. The van der Waals surface area contributed by atoms with Crippen molar-refractivity contribution in [3.63, 3.8) is 0 Å². The number of hydrogen-bond acceptors (Lipinski definition) is 4. The Morgan fingerprint density at radius 3 is 2.71 bits per heavy atom. The third-order valence-corrected chi connectivity index (χ3v) is 3.45. The predicted octanol–water partition coefficient (Wildman–Crippen LogP) is 1.94. The molecule has 1 heterocycles. The molecule has 7 heteroatoms. The molecule has 0 saturated carbocycles. The van der Waals surface area contributed by atoms with Gasteiger partial charge in [-0.1, -0.05) is 13.3 Å². The van der Waals surface area contributed by atoms with Crippen LogP contribution in [0.4, 0.5) is 5.69 Å². The second-order valence-corrected chi connectivity index (χ2v) is 5.00. The summed E-state index contributed by atoms with van der Waals surface area (Å²) in [6.45, 7) is 4.93. The van der Waals surface area contributed by atoms with E-state index in [1.807, 2.05) is 6.92 Å². The van der Waals surface area contributed by atoms with Gasteiger partial charge in [0, 0.05) is 25.8 Å². The maximum Gasteiger partial charge on any atom is 0.287 e. The van der Waals surface area contributed by atoms with E-state index in [1.165, 1.54) is 12.3 Å². The summed E-state index contributed by atoms with van der Waals surface area (Å²) >= 11 is 0. The van der Waals surface area contributed by atoms with Crippen molar-refractivity contribution >= 4 is 11.6 Å². The highest BCUT2D eigenvalue weighted by Crippen LogP contribution is 2.17. The minimum absolute atomic E-state index is 0.0810. The highest BCUT2D eigenvalue weighted by atomic mass is 16.6. The zero-order valence-corrected chi connectivity index (χ0v) is 12.5. The fourth-order valence-corrected chi connectivity index (χ4v) is 2.31. The lowest BCUT2D eigenvalue weighted by Gasteiger charge is -2.16. The Morgan fingerprint density at radius 2 is 2.19 bits per heavy atom. The van der Waals surface area contributed by atoms with E-state index in [9.17, 15) is 14.9 Å². The second kappa shape index (κ2) is 8.41. The maximum absolute atomic E-state index is 12.2. The van der Waals surface area contributed by atoms with Crippen molar-refractivity contribution in [2.24, 2.45) is 5.92 Å². The number of amides is 1. The van der Waals surface area contributed by atoms with Crippen molar-refractivity contribution in [1.29, 1.82) is 0 Å². The summed E-state index contributed by atoms with van der Waals surface area (Å²) in [6, 6.07) is 1.29. The molecule has 2 N–H and O–H groups in total. The summed E-state index contributed by atoms with van der Waals surface area (Å²) in [5.41, 5.74) is 0.214. The number of nitrogens with one attached hydrogen (secondary N) is 1. The molecule has 1 aromatic rings. The van der Waals surface area contributed by atoms with Crippen LogP contribution in [0.5, 0.6) is 0 Å². The van der Waals surface area contributed by atoms with E-state index in [0.29, 0.717) is 25.2 Å². The molecule has 0 radical (unpaired) electrons. The minimum atomic E-state index is -0.505. The number of aliphatic hydroxyl groups is 1. The smallest absolute Gasteiger partial charge is 0.287 e. The lowest BCUT2D eigenvalue weighted by Crippen LogP contribution is -2.31. The third-order valence-electron chi connectivity index (χ3n) is 3.45. The first-order valence-electron chi connectivity index (χ1n) is 7.27. The van der Waals surface area contributed by atoms with E-state index in [2.05, 4.69) is 12.2 Å². The van der Waals surface area contributed by atoms with Crippen molar-refractivity contribution in [3.05, 3.63) is 28.1 Å². The predicted molar refractivity (Wildman–Crippen MR) is 79.2 cm³/mol. The number of carbonyl (C=O) groups is 1. The van der Waals surface area contributed by atoms with Crippen LogP contribution in [-0.4, -0.2) is 33.7 Å². The number of aliphatic hydroxyl groups excluding tert-OH is 1. The Morgan fingerprint density at radius 1 is 1.48 bits per heavy atom. The van der Waals surface area contributed by atoms with Gasteiger partial charge in [-0.25, -0.2) is 0 Å². The largest absolute Gasteiger partial charge is 0.396 e. The van der Waals surface area contributed by atoms with Crippen LogP contribution in [0.15, 0.2) is 12.3 Å². The van der Waals surface area contributed by atoms with Gasteiger partial charge >= 0.3 is 0 Å². The van der Waals surface area contributed by atoms with Crippen LogP contribution in [0.2, 0.25) is 0 Å². The Kier molecular flexibility index (Phi) is 6.87. The van der Waals surface area contributed by atoms with E-state index in [0.717, 1.165) is 12.8 Å². The Labute approximate surface area is 124 Å². The number of nitro groups is 1. The quantitative estimate of drug-likeness (QED) is 0.537. The van der Waals surface area contributed by atoms with Gasteiger partial charge in [0.05, 0.1) is 11.1 Å². The molecule has 1 rings (SSSR count). The van der Waals surface area contributed by atoms with Gasteiger partial charge in [0.2, 0.25) is 0 Å². The molecule has 1 aromatic heterocycles. The zero-order chi connectivity index (χ0) is 15.8. The average molecular weight is 297 g/mol. The van der Waals surface area contributed by atoms with Gasteiger partial charge < -0.3 is 15.0 Å². The molecule has 0 aliphatic rings. The van der Waals surface area contributed by atoms with Crippen molar-refractivity contribution in [3.8, 4) is 0 Å². The van der Waals surface area contributed by atoms with Crippen LogP contribution in [-0.2, 0) is 6.54 Å². The average Bonchev–Trinajstić information content (AvgIpc) is 2.89. The van der Waals surface area contributed by atoms with Gasteiger partial charge in [0.15, 0.2) is 0 Å². The number of carbonyl (C=O) groups excluding carboxylic acids is 1. The molecule has 1 unspecified atom stereocenters. The molecule has 1 atom stereocenters. The van der Waals surface area contributed by atoms with Crippen molar-refractivity contribution in [2.75, 3.05) is 13.2 Å². The molecule has 21 heavy (non-hydrogen) atoms. The Balaban J connectivity index is 2.72. The summed E-state index contributed by atoms with van der Waals surface area (Å²) < 4.78 is 1.56. The number of aromatic nitrogens is 1. The van der Waals surface area contributed by atoms with Gasteiger partial charge in [-0.15, -0.1) is 0 Å². The van der Waals surface area contributed by atoms with Crippen molar-refractivity contribution in [2.45, 2.75) is 39.7 Å². The third kappa shape index (κ3) is 4.86. The molecular formula is C14H23N3O4. The Hall–Kier alpha value is -1.89. The molecule has 0 bridgehead atoms. The normalized spacial score (nSPS) is 12.1. The molecule has 0 spiro atoms. The monoisotopic (exact) mass is 297 g/mol. The molecule has 0 aliphatic carbocycles. The van der Waals surface area contributed by atoms with Gasteiger partial charge in [-0.2, -0.15) is 0 Å². The fourth-order valence-electron chi connectivity index (χ4n) is 2.31. The summed E-state index contributed by atoms with van der Waals surface area (Å²) in [4.78, 5) is 22.4.